The summed E-state index contributed by atoms with van der Waals surface area (Å²) in [6, 6.07) is 0.120. The molecule has 15 heavy (non-hydrogen) atoms. The second kappa shape index (κ2) is 4.97. The highest BCUT2D eigenvalue weighted by Gasteiger charge is 2.37. The van der Waals surface area contributed by atoms with E-state index in [4.69, 9.17) is 5.73 Å². The van der Waals surface area contributed by atoms with Crippen LogP contribution >= 0.6 is 0 Å². The zero-order chi connectivity index (χ0) is 11.5. The highest BCUT2D eigenvalue weighted by molar-refractivity contribution is 5.82. The standard InChI is InChI=1S/C12H24N2O/c1-9(2)10(8-13)14-11(15)12(3)6-4-5-7-12/h9-10H,4-8,13H2,1-3H3,(H,14,15). The fourth-order valence-corrected chi connectivity index (χ4v) is 2.22. The number of nitrogens with one attached hydrogen (secondary N) is 1. The van der Waals surface area contributed by atoms with Crippen LogP contribution in [0.2, 0.25) is 0 Å². The third-order valence-electron chi connectivity index (χ3n) is 3.63. The molecular weight excluding hydrogens is 188 g/mol. The summed E-state index contributed by atoms with van der Waals surface area (Å²) < 4.78 is 0. The predicted octanol–water partition coefficient (Wildman–Crippen LogP) is 1.67. The van der Waals surface area contributed by atoms with Crippen LogP contribution in [0.5, 0.6) is 0 Å². The first kappa shape index (κ1) is 12.5. The second-order valence-corrected chi connectivity index (χ2v) is 5.33. The van der Waals surface area contributed by atoms with E-state index < -0.39 is 0 Å². The topological polar surface area (TPSA) is 55.1 Å². The summed E-state index contributed by atoms with van der Waals surface area (Å²) in [4.78, 5) is 12.1. The Balaban J connectivity index is 2.53. The van der Waals surface area contributed by atoms with E-state index in [0.29, 0.717) is 12.5 Å². The molecule has 0 aromatic carbocycles. The molecule has 0 spiro atoms. The van der Waals surface area contributed by atoms with Crippen molar-refractivity contribution in [1.82, 2.24) is 5.32 Å². The molecule has 0 radical (unpaired) electrons. The maximum Gasteiger partial charge on any atom is 0.226 e. The minimum Gasteiger partial charge on any atom is -0.351 e. The first-order valence-electron chi connectivity index (χ1n) is 6.00. The van der Waals surface area contributed by atoms with Crippen LogP contribution in [-0.4, -0.2) is 18.5 Å². The van der Waals surface area contributed by atoms with Gasteiger partial charge in [-0.15, -0.1) is 0 Å². The van der Waals surface area contributed by atoms with E-state index >= 15 is 0 Å². The number of carbonyl (C=O) groups excluding carboxylic acids is 1. The van der Waals surface area contributed by atoms with Crippen molar-refractivity contribution in [2.24, 2.45) is 17.1 Å². The van der Waals surface area contributed by atoms with Gasteiger partial charge in [0.25, 0.3) is 0 Å². The molecule has 1 saturated carbocycles. The van der Waals surface area contributed by atoms with Crippen molar-refractivity contribution >= 4 is 5.91 Å². The Hall–Kier alpha value is -0.570. The molecular formula is C12H24N2O. The van der Waals surface area contributed by atoms with E-state index in [-0.39, 0.29) is 17.4 Å². The van der Waals surface area contributed by atoms with Gasteiger partial charge in [-0.25, -0.2) is 0 Å². The summed E-state index contributed by atoms with van der Waals surface area (Å²) in [6.45, 7) is 6.78. The lowest BCUT2D eigenvalue weighted by molar-refractivity contribution is -0.130. The van der Waals surface area contributed by atoms with Crippen LogP contribution in [0.1, 0.15) is 46.5 Å². The molecule has 1 fully saturated rings. The van der Waals surface area contributed by atoms with Gasteiger partial charge in [-0.1, -0.05) is 33.6 Å². The van der Waals surface area contributed by atoms with Crippen LogP contribution < -0.4 is 11.1 Å². The molecule has 3 nitrogen and oxygen atoms in total. The molecule has 1 rings (SSSR count). The highest BCUT2D eigenvalue weighted by atomic mass is 16.2. The molecule has 0 saturated heterocycles. The maximum atomic E-state index is 12.1. The molecule has 88 valence electrons. The molecule has 1 aliphatic carbocycles. The highest BCUT2D eigenvalue weighted by Crippen LogP contribution is 2.37. The summed E-state index contributed by atoms with van der Waals surface area (Å²) in [6.07, 6.45) is 4.40. The minimum atomic E-state index is -0.137. The van der Waals surface area contributed by atoms with Gasteiger partial charge in [0, 0.05) is 18.0 Å². The SMILES string of the molecule is CC(C)C(CN)NC(=O)C1(C)CCCC1. The number of rotatable bonds is 4. The second-order valence-electron chi connectivity index (χ2n) is 5.33. The molecule has 0 bridgehead atoms. The molecule has 3 heteroatoms. The van der Waals surface area contributed by atoms with Crippen LogP contribution in [0.3, 0.4) is 0 Å². The average Bonchev–Trinajstić information content (AvgIpc) is 2.61. The van der Waals surface area contributed by atoms with Crippen LogP contribution in [0, 0.1) is 11.3 Å². The molecule has 1 atom stereocenters. The van der Waals surface area contributed by atoms with Gasteiger partial charge in [0.05, 0.1) is 0 Å². The number of hydrogen-bond acceptors (Lipinski definition) is 2. The van der Waals surface area contributed by atoms with Gasteiger partial charge in [-0.2, -0.15) is 0 Å². The summed E-state index contributed by atoms with van der Waals surface area (Å²) >= 11 is 0. The van der Waals surface area contributed by atoms with Gasteiger partial charge >= 0.3 is 0 Å². The number of carbonyl (C=O) groups is 1. The van der Waals surface area contributed by atoms with Gasteiger partial charge in [-0.05, 0) is 18.8 Å². The van der Waals surface area contributed by atoms with Crippen molar-refractivity contribution in [1.29, 1.82) is 0 Å². The van der Waals surface area contributed by atoms with Crippen molar-refractivity contribution in [2.45, 2.75) is 52.5 Å². The summed E-state index contributed by atoms with van der Waals surface area (Å²) in [5, 5.41) is 3.08. The molecule has 1 aliphatic rings. The Bertz CT molecular complexity index is 220. The normalized spacial score (nSPS) is 21.7. The Kier molecular flexibility index (Phi) is 4.14. The molecule has 1 amide bonds. The molecule has 0 aromatic rings. The van der Waals surface area contributed by atoms with E-state index in [0.717, 1.165) is 12.8 Å². The lowest BCUT2D eigenvalue weighted by Crippen LogP contribution is -2.48. The van der Waals surface area contributed by atoms with Crippen molar-refractivity contribution in [3.8, 4) is 0 Å². The van der Waals surface area contributed by atoms with Crippen molar-refractivity contribution in [3.63, 3.8) is 0 Å². The first-order valence-corrected chi connectivity index (χ1v) is 6.00. The Morgan fingerprint density at radius 1 is 1.40 bits per heavy atom. The summed E-state index contributed by atoms with van der Waals surface area (Å²) in [5.74, 6) is 0.605. The summed E-state index contributed by atoms with van der Waals surface area (Å²) in [7, 11) is 0. The molecule has 0 aromatic heterocycles. The third-order valence-corrected chi connectivity index (χ3v) is 3.63. The molecule has 1 unspecified atom stereocenters. The minimum absolute atomic E-state index is 0.120. The van der Waals surface area contributed by atoms with Crippen molar-refractivity contribution in [2.75, 3.05) is 6.54 Å². The van der Waals surface area contributed by atoms with E-state index in [2.05, 4.69) is 26.1 Å². The zero-order valence-corrected chi connectivity index (χ0v) is 10.2. The van der Waals surface area contributed by atoms with E-state index in [9.17, 15) is 4.79 Å². The van der Waals surface area contributed by atoms with Crippen LogP contribution in [0.25, 0.3) is 0 Å². The van der Waals surface area contributed by atoms with Gasteiger partial charge in [0.1, 0.15) is 0 Å². The molecule has 3 N–H and O–H groups in total. The first-order chi connectivity index (χ1) is 6.99. The van der Waals surface area contributed by atoms with Crippen LogP contribution in [0.15, 0.2) is 0 Å². The zero-order valence-electron chi connectivity index (χ0n) is 10.2. The number of amides is 1. The molecule has 0 aliphatic heterocycles. The van der Waals surface area contributed by atoms with Crippen LogP contribution in [-0.2, 0) is 4.79 Å². The van der Waals surface area contributed by atoms with Gasteiger partial charge in [0.2, 0.25) is 5.91 Å². The fourth-order valence-electron chi connectivity index (χ4n) is 2.22. The summed E-state index contributed by atoms with van der Waals surface area (Å²) in [5.41, 5.74) is 5.51. The predicted molar refractivity (Wildman–Crippen MR) is 62.4 cm³/mol. The lowest BCUT2D eigenvalue weighted by atomic mass is 9.87. The monoisotopic (exact) mass is 212 g/mol. The van der Waals surface area contributed by atoms with Crippen molar-refractivity contribution in [3.05, 3.63) is 0 Å². The smallest absolute Gasteiger partial charge is 0.226 e. The van der Waals surface area contributed by atoms with E-state index in [1.54, 1.807) is 0 Å². The Morgan fingerprint density at radius 2 is 1.93 bits per heavy atom. The fraction of sp³-hybridized carbons (Fsp3) is 0.917. The number of nitrogens with two attached hydrogens (primary N) is 1. The number of hydrogen-bond donors (Lipinski definition) is 2. The van der Waals surface area contributed by atoms with Gasteiger partial charge < -0.3 is 11.1 Å². The van der Waals surface area contributed by atoms with Gasteiger partial charge in [0.15, 0.2) is 0 Å². The van der Waals surface area contributed by atoms with Crippen LogP contribution in [0.4, 0.5) is 0 Å². The molecule has 0 heterocycles. The van der Waals surface area contributed by atoms with E-state index in [1.807, 2.05) is 0 Å². The van der Waals surface area contributed by atoms with Crippen molar-refractivity contribution < 1.29 is 4.79 Å². The Labute approximate surface area is 92.8 Å². The van der Waals surface area contributed by atoms with E-state index in [1.165, 1.54) is 12.8 Å². The van der Waals surface area contributed by atoms with Gasteiger partial charge in [-0.3, -0.25) is 4.79 Å². The Morgan fingerprint density at radius 3 is 2.33 bits per heavy atom. The quantitative estimate of drug-likeness (QED) is 0.744. The maximum absolute atomic E-state index is 12.1. The lowest BCUT2D eigenvalue weighted by Gasteiger charge is -2.28. The average molecular weight is 212 g/mol. The largest absolute Gasteiger partial charge is 0.351 e. The third kappa shape index (κ3) is 2.94.